The molecular weight excluding hydrogens is 484 g/mol. The van der Waals surface area contributed by atoms with Gasteiger partial charge in [-0.25, -0.2) is 4.79 Å². The van der Waals surface area contributed by atoms with Gasteiger partial charge in [0.1, 0.15) is 17.2 Å². The van der Waals surface area contributed by atoms with Crippen LogP contribution in [0.5, 0.6) is 17.2 Å². The maximum atomic E-state index is 12.0. The highest BCUT2D eigenvalue weighted by atomic mass is 35.5. The number of hydrogen-bond donors (Lipinski definition) is 4. The number of anilines is 2. The average molecular weight is 515 g/mol. The average Bonchev–Trinajstić information content (AvgIpc) is 3.65. The molecule has 0 bridgehead atoms. The lowest BCUT2D eigenvalue weighted by Gasteiger charge is -2.14. The van der Waals surface area contributed by atoms with Crippen molar-refractivity contribution >= 4 is 52.5 Å². The van der Waals surface area contributed by atoms with Gasteiger partial charge in [0.05, 0.1) is 28.5 Å². The van der Waals surface area contributed by atoms with Crippen LogP contribution in [0, 0.1) is 0 Å². The molecule has 1 saturated carbocycles. The molecule has 0 aliphatic heterocycles. The summed E-state index contributed by atoms with van der Waals surface area (Å²) in [4.78, 5) is 16.4. The van der Waals surface area contributed by atoms with Crippen LogP contribution in [0.2, 0.25) is 5.02 Å². The summed E-state index contributed by atoms with van der Waals surface area (Å²) >= 11 is 10.6. The number of carbonyl (C=O) groups excluding carboxylic acids is 1. The molecule has 1 fully saturated rings. The third kappa shape index (κ3) is 7.32. The zero-order chi connectivity index (χ0) is 24.6. The van der Waals surface area contributed by atoms with Crippen LogP contribution in [0.1, 0.15) is 44.9 Å². The Morgan fingerprint density at radius 3 is 2.66 bits per heavy atom. The van der Waals surface area contributed by atoms with E-state index in [0.717, 1.165) is 48.8 Å². The molecule has 1 aliphatic carbocycles. The van der Waals surface area contributed by atoms with Gasteiger partial charge < -0.3 is 25.8 Å². The number of aromatic nitrogens is 1. The van der Waals surface area contributed by atoms with E-state index in [2.05, 4.69) is 28.2 Å². The third-order valence-corrected chi connectivity index (χ3v) is 6.35. The molecule has 0 radical (unpaired) electrons. The number of rotatable bonds is 12. The van der Waals surface area contributed by atoms with Crippen molar-refractivity contribution in [1.82, 2.24) is 10.3 Å². The number of ether oxygens (including phenoxy) is 2. The number of pyridine rings is 1. The molecule has 7 nitrogen and oxygen atoms in total. The van der Waals surface area contributed by atoms with Crippen molar-refractivity contribution in [1.29, 1.82) is 0 Å². The predicted octanol–water partition coefficient (Wildman–Crippen LogP) is 6.81. The number of nitrogens with two attached hydrogens (primary N) is 1. The molecule has 35 heavy (non-hydrogen) atoms. The number of unbranched alkanes of at least 4 members (excludes halogenated alkanes) is 4. The second kappa shape index (κ2) is 12.2. The number of fused-ring (bicyclic) bond motifs is 1. The zero-order valence-electron chi connectivity index (χ0n) is 19.6. The molecule has 1 aromatic heterocycles. The molecule has 3 aromatic rings. The smallest absolute Gasteiger partial charge is 0.319 e. The summed E-state index contributed by atoms with van der Waals surface area (Å²) in [5, 5.41) is 6.79. The van der Waals surface area contributed by atoms with Crippen molar-refractivity contribution in [3.63, 3.8) is 0 Å². The SMILES string of the molecule is Nc1cc2c(Oc3ccc(NC(=O)NC4CC4)c(Cl)c3)ccnc2cc1OCCCCCCCS. The predicted molar refractivity (Wildman–Crippen MR) is 145 cm³/mol. The van der Waals surface area contributed by atoms with Crippen molar-refractivity contribution in [2.75, 3.05) is 23.4 Å². The van der Waals surface area contributed by atoms with Crippen molar-refractivity contribution < 1.29 is 14.3 Å². The van der Waals surface area contributed by atoms with Crippen LogP contribution in [0.3, 0.4) is 0 Å². The molecule has 0 atom stereocenters. The van der Waals surface area contributed by atoms with E-state index >= 15 is 0 Å². The Bertz CT molecular complexity index is 1170. The van der Waals surface area contributed by atoms with E-state index in [4.69, 9.17) is 26.8 Å². The molecule has 2 amide bonds. The van der Waals surface area contributed by atoms with Crippen molar-refractivity contribution in [3.8, 4) is 17.2 Å². The molecule has 4 N–H and O–H groups in total. The minimum atomic E-state index is -0.259. The van der Waals surface area contributed by atoms with Crippen LogP contribution in [-0.2, 0) is 0 Å². The summed E-state index contributed by atoms with van der Waals surface area (Å²) in [6, 6.07) is 10.6. The first-order valence-electron chi connectivity index (χ1n) is 12.0. The molecular formula is C26H31ClN4O3S. The molecule has 2 aromatic carbocycles. The summed E-state index contributed by atoms with van der Waals surface area (Å²) < 4.78 is 12.0. The molecule has 0 spiro atoms. The van der Waals surface area contributed by atoms with E-state index in [1.54, 1.807) is 30.5 Å². The minimum Gasteiger partial charge on any atom is -0.491 e. The number of urea groups is 1. The number of thiol groups is 1. The third-order valence-electron chi connectivity index (χ3n) is 5.72. The molecule has 186 valence electrons. The highest BCUT2D eigenvalue weighted by molar-refractivity contribution is 7.80. The van der Waals surface area contributed by atoms with Crippen molar-refractivity contribution in [3.05, 3.63) is 47.6 Å². The minimum absolute atomic E-state index is 0.259. The molecule has 4 rings (SSSR count). The van der Waals surface area contributed by atoms with E-state index < -0.39 is 0 Å². The van der Waals surface area contributed by atoms with Gasteiger partial charge in [-0.15, -0.1) is 0 Å². The molecule has 0 saturated heterocycles. The molecule has 1 aliphatic rings. The van der Waals surface area contributed by atoms with E-state index in [1.165, 1.54) is 12.8 Å². The lowest BCUT2D eigenvalue weighted by atomic mass is 10.1. The highest BCUT2D eigenvalue weighted by Crippen LogP contribution is 2.36. The fourth-order valence-electron chi connectivity index (χ4n) is 3.66. The summed E-state index contributed by atoms with van der Waals surface area (Å²) in [6.45, 7) is 0.615. The topological polar surface area (TPSA) is 98.5 Å². The van der Waals surface area contributed by atoms with Crippen LogP contribution in [0.25, 0.3) is 10.9 Å². The molecule has 0 unspecified atom stereocenters. The first kappa shape index (κ1) is 25.3. The summed E-state index contributed by atoms with van der Waals surface area (Å²) in [5.41, 5.74) is 8.05. The van der Waals surface area contributed by atoms with Crippen molar-refractivity contribution in [2.24, 2.45) is 0 Å². The van der Waals surface area contributed by atoms with Gasteiger partial charge >= 0.3 is 6.03 Å². The number of amides is 2. The second-order valence-corrected chi connectivity index (χ2v) is 9.53. The Kier molecular flexibility index (Phi) is 8.82. The van der Waals surface area contributed by atoms with Crippen LogP contribution in [-0.4, -0.2) is 29.4 Å². The number of halogens is 1. The van der Waals surface area contributed by atoms with Gasteiger partial charge in [0.2, 0.25) is 0 Å². The lowest BCUT2D eigenvalue weighted by molar-refractivity contribution is 0.251. The van der Waals surface area contributed by atoms with Gasteiger partial charge in [0.15, 0.2) is 0 Å². The van der Waals surface area contributed by atoms with Gasteiger partial charge in [-0.3, -0.25) is 4.98 Å². The summed E-state index contributed by atoms with van der Waals surface area (Å²) in [5.74, 6) is 2.70. The van der Waals surface area contributed by atoms with Crippen LogP contribution >= 0.6 is 24.2 Å². The van der Waals surface area contributed by atoms with Gasteiger partial charge in [-0.2, -0.15) is 12.6 Å². The van der Waals surface area contributed by atoms with Gasteiger partial charge in [-0.05, 0) is 55.7 Å². The van der Waals surface area contributed by atoms with E-state index in [0.29, 0.717) is 40.3 Å². The Balaban J connectivity index is 1.39. The molecule has 9 heteroatoms. The van der Waals surface area contributed by atoms with Crippen LogP contribution in [0.15, 0.2) is 42.6 Å². The maximum Gasteiger partial charge on any atom is 0.319 e. The first-order chi connectivity index (χ1) is 17.0. The van der Waals surface area contributed by atoms with Crippen LogP contribution < -0.4 is 25.8 Å². The van der Waals surface area contributed by atoms with Crippen LogP contribution in [0.4, 0.5) is 16.2 Å². The fourth-order valence-corrected chi connectivity index (χ4v) is 4.11. The number of nitrogens with one attached hydrogen (secondary N) is 2. The monoisotopic (exact) mass is 514 g/mol. The highest BCUT2D eigenvalue weighted by Gasteiger charge is 2.23. The fraction of sp³-hybridized carbons (Fsp3) is 0.385. The van der Waals surface area contributed by atoms with Gasteiger partial charge in [0.25, 0.3) is 0 Å². The van der Waals surface area contributed by atoms with E-state index in [1.807, 2.05) is 12.1 Å². The zero-order valence-corrected chi connectivity index (χ0v) is 21.2. The number of carbonyl (C=O) groups is 1. The second-order valence-electron chi connectivity index (χ2n) is 8.67. The number of nitrogens with zero attached hydrogens (tertiary/aromatic N) is 1. The number of hydrogen-bond acceptors (Lipinski definition) is 6. The quantitative estimate of drug-likeness (QED) is 0.121. The molecule has 1 heterocycles. The summed E-state index contributed by atoms with van der Waals surface area (Å²) in [6.07, 6.45) is 9.36. The number of nitrogen functional groups attached to an aromatic ring is 1. The van der Waals surface area contributed by atoms with E-state index in [-0.39, 0.29) is 12.1 Å². The van der Waals surface area contributed by atoms with Gasteiger partial charge in [-0.1, -0.05) is 30.9 Å². The summed E-state index contributed by atoms with van der Waals surface area (Å²) in [7, 11) is 0. The lowest BCUT2D eigenvalue weighted by Crippen LogP contribution is -2.30. The Morgan fingerprint density at radius 2 is 1.89 bits per heavy atom. The standard InChI is InChI=1S/C26H31ClN4O3S/c27-20-14-18(8-9-22(20)31-26(32)30-17-6-7-17)34-24-10-11-29-23-16-25(21(28)15-19(23)24)33-12-4-2-1-3-5-13-35/h8-11,14-17,35H,1-7,12-13,28H2,(H2,30,31,32). The maximum absolute atomic E-state index is 12.0. The normalized spacial score (nSPS) is 13.0. The van der Waals surface area contributed by atoms with E-state index in [9.17, 15) is 4.79 Å². The number of benzene rings is 2. The Labute approximate surface area is 216 Å². The largest absolute Gasteiger partial charge is 0.491 e. The van der Waals surface area contributed by atoms with Crippen molar-refractivity contribution in [2.45, 2.75) is 51.0 Å². The Morgan fingerprint density at radius 1 is 1.09 bits per heavy atom. The van der Waals surface area contributed by atoms with Gasteiger partial charge in [0, 0.05) is 29.8 Å². The first-order valence-corrected chi connectivity index (χ1v) is 13.0. The Hall–Kier alpha value is -2.84.